The van der Waals surface area contributed by atoms with Crippen molar-refractivity contribution in [2.75, 3.05) is 20.1 Å². The number of hydrogen-bond acceptors (Lipinski definition) is 3. The molecular weight excluding hydrogens is 320 g/mol. The molecule has 4 nitrogen and oxygen atoms in total. The summed E-state index contributed by atoms with van der Waals surface area (Å²) in [5.41, 5.74) is 0.654. The molecule has 0 saturated heterocycles. The number of nitrogens with zero attached hydrogens (tertiary/aromatic N) is 1. The third-order valence-electron chi connectivity index (χ3n) is 3.13. The summed E-state index contributed by atoms with van der Waals surface area (Å²) in [6, 6.07) is 6.92. The molecule has 0 aliphatic heterocycles. The molecule has 1 atom stereocenters. The minimum absolute atomic E-state index is 0.0169. The first-order chi connectivity index (χ1) is 9.45. The van der Waals surface area contributed by atoms with Crippen molar-refractivity contribution in [1.82, 2.24) is 10.2 Å². The Morgan fingerprint density at radius 1 is 1.30 bits per heavy atom. The highest BCUT2D eigenvalue weighted by Crippen LogP contribution is 2.13. The molecule has 0 aliphatic rings. The number of halogens is 1. The number of carbonyl (C=O) groups excluding carboxylic acids is 2. The largest absolute Gasteiger partial charge is 0.355 e. The van der Waals surface area contributed by atoms with Crippen LogP contribution in [-0.2, 0) is 4.79 Å². The normalized spacial score (nSPS) is 12.2. The van der Waals surface area contributed by atoms with Crippen molar-refractivity contribution in [1.29, 1.82) is 0 Å². The van der Waals surface area contributed by atoms with Gasteiger partial charge in [0.2, 0.25) is 5.91 Å². The van der Waals surface area contributed by atoms with Gasteiger partial charge in [-0.1, -0.05) is 35.0 Å². The highest BCUT2D eigenvalue weighted by molar-refractivity contribution is 9.10. The van der Waals surface area contributed by atoms with E-state index in [9.17, 15) is 9.59 Å². The molecule has 5 heteroatoms. The van der Waals surface area contributed by atoms with E-state index in [2.05, 4.69) is 21.2 Å². The van der Waals surface area contributed by atoms with Crippen molar-refractivity contribution < 1.29 is 9.59 Å². The smallest absolute Gasteiger partial charge is 0.234 e. The van der Waals surface area contributed by atoms with Crippen LogP contribution in [0.1, 0.15) is 30.6 Å². The molecule has 1 amide bonds. The molecule has 1 N–H and O–H groups in total. The lowest BCUT2D eigenvalue weighted by molar-refractivity contribution is -0.122. The molecular formula is C15H21BrN2O2. The van der Waals surface area contributed by atoms with E-state index < -0.39 is 0 Å². The zero-order valence-corrected chi connectivity index (χ0v) is 13.7. The molecule has 1 rings (SSSR count). The molecule has 0 aromatic heterocycles. The van der Waals surface area contributed by atoms with E-state index in [0.717, 1.165) is 10.9 Å². The molecule has 0 fully saturated rings. The first-order valence-electron chi connectivity index (χ1n) is 6.72. The third-order valence-corrected chi connectivity index (χ3v) is 3.66. The number of carbonyl (C=O) groups is 2. The second-order valence-electron chi connectivity index (χ2n) is 4.81. The summed E-state index contributed by atoms with van der Waals surface area (Å²) in [6.07, 6.45) is 0.906. The van der Waals surface area contributed by atoms with Gasteiger partial charge >= 0.3 is 0 Å². The molecule has 0 aliphatic carbocycles. The molecule has 0 heterocycles. The predicted molar refractivity (Wildman–Crippen MR) is 83.9 cm³/mol. The average Bonchev–Trinajstić information content (AvgIpc) is 2.44. The maximum atomic E-state index is 12.3. The molecule has 0 bridgehead atoms. The lowest BCUT2D eigenvalue weighted by Crippen LogP contribution is -2.43. The minimum atomic E-state index is -0.330. The van der Waals surface area contributed by atoms with E-state index in [0.29, 0.717) is 12.1 Å². The second kappa shape index (κ2) is 8.17. The Labute approximate surface area is 128 Å². The van der Waals surface area contributed by atoms with E-state index in [-0.39, 0.29) is 24.3 Å². The van der Waals surface area contributed by atoms with Crippen molar-refractivity contribution >= 4 is 27.6 Å². The lowest BCUT2D eigenvalue weighted by atomic mass is 10.0. The summed E-state index contributed by atoms with van der Waals surface area (Å²) in [5, 5.41) is 2.81. The molecule has 0 spiro atoms. The van der Waals surface area contributed by atoms with E-state index >= 15 is 0 Å². The quantitative estimate of drug-likeness (QED) is 0.775. The maximum Gasteiger partial charge on any atom is 0.234 e. The van der Waals surface area contributed by atoms with E-state index in [1.54, 1.807) is 24.1 Å². The Hall–Kier alpha value is -1.20. The van der Waals surface area contributed by atoms with Crippen LogP contribution in [0.3, 0.4) is 0 Å². The predicted octanol–water partition coefficient (Wildman–Crippen LogP) is 2.48. The first kappa shape index (κ1) is 16.9. The summed E-state index contributed by atoms with van der Waals surface area (Å²) in [7, 11) is 1.78. The van der Waals surface area contributed by atoms with Crippen LogP contribution >= 0.6 is 15.9 Å². The van der Waals surface area contributed by atoms with Gasteiger partial charge in [-0.05, 0) is 32.5 Å². The van der Waals surface area contributed by atoms with Crippen molar-refractivity contribution in [2.45, 2.75) is 26.3 Å². The fourth-order valence-corrected chi connectivity index (χ4v) is 2.00. The summed E-state index contributed by atoms with van der Waals surface area (Å²) in [4.78, 5) is 25.7. The Morgan fingerprint density at radius 2 is 1.90 bits per heavy atom. The van der Waals surface area contributed by atoms with Crippen LogP contribution in [0.15, 0.2) is 28.7 Å². The van der Waals surface area contributed by atoms with Gasteiger partial charge in [-0.3, -0.25) is 14.5 Å². The fraction of sp³-hybridized carbons (Fsp3) is 0.467. The zero-order valence-electron chi connectivity index (χ0n) is 12.1. The maximum absolute atomic E-state index is 12.3. The van der Waals surface area contributed by atoms with Crippen molar-refractivity contribution in [3.05, 3.63) is 34.3 Å². The summed E-state index contributed by atoms with van der Waals surface area (Å²) >= 11 is 3.34. The Balaban J connectivity index is 2.59. The van der Waals surface area contributed by atoms with E-state index in [4.69, 9.17) is 0 Å². The molecule has 0 saturated carbocycles. The van der Waals surface area contributed by atoms with Crippen molar-refractivity contribution in [3.63, 3.8) is 0 Å². The molecule has 20 heavy (non-hydrogen) atoms. The van der Waals surface area contributed by atoms with Crippen LogP contribution in [0.5, 0.6) is 0 Å². The van der Waals surface area contributed by atoms with Gasteiger partial charge < -0.3 is 5.32 Å². The van der Waals surface area contributed by atoms with Gasteiger partial charge in [0.05, 0.1) is 12.6 Å². The van der Waals surface area contributed by atoms with Crippen molar-refractivity contribution in [2.24, 2.45) is 0 Å². The molecule has 110 valence electrons. The van der Waals surface area contributed by atoms with Gasteiger partial charge in [-0.2, -0.15) is 0 Å². The topological polar surface area (TPSA) is 49.4 Å². The van der Waals surface area contributed by atoms with E-state index in [1.165, 1.54) is 0 Å². The average molecular weight is 341 g/mol. The Morgan fingerprint density at radius 3 is 2.45 bits per heavy atom. The highest BCUT2D eigenvalue weighted by atomic mass is 79.9. The molecule has 1 aromatic rings. The van der Waals surface area contributed by atoms with Crippen LogP contribution in [-0.4, -0.2) is 42.8 Å². The number of amides is 1. The van der Waals surface area contributed by atoms with Crippen LogP contribution in [0, 0.1) is 0 Å². The lowest BCUT2D eigenvalue weighted by Gasteiger charge is -2.23. The Kier molecular flexibility index (Phi) is 6.88. The number of benzene rings is 1. The first-order valence-corrected chi connectivity index (χ1v) is 7.51. The molecule has 0 radical (unpaired) electrons. The van der Waals surface area contributed by atoms with Crippen LogP contribution < -0.4 is 5.32 Å². The Bertz CT molecular complexity index is 459. The summed E-state index contributed by atoms with van der Waals surface area (Å²) in [6.45, 7) is 4.71. The molecule has 1 unspecified atom stereocenters. The van der Waals surface area contributed by atoms with Gasteiger partial charge in [0.15, 0.2) is 5.78 Å². The van der Waals surface area contributed by atoms with Gasteiger partial charge in [-0.25, -0.2) is 0 Å². The molecule has 1 aromatic carbocycles. The fourth-order valence-electron chi connectivity index (χ4n) is 1.74. The van der Waals surface area contributed by atoms with Gasteiger partial charge in [-0.15, -0.1) is 0 Å². The number of hydrogen-bond donors (Lipinski definition) is 1. The number of Topliss-reactive ketones (excluding diaryl/α,β-unsaturated/α-hetero) is 1. The van der Waals surface area contributed by atoms with Crippen LogP contribution in [0.25, 0.3) is 0 Å². The monoisotopic (exact) mass is 340 g/mol. The standard InChI is InChI=1S/C15H21BrN2O2/c1-4-9-17-14(19)10-18(3)11(2)15(20)12-5-7-13(16)8-6-12/h5-8,11H,4,9-10H2,1-3H3,(H,17,19). The number of likely N-dealkylation sites (N-methyl/N-ethyl adjacent to an activating group) is 1. The number of ketones is 1. The van der Waals surface area contributed by atoms with E-state index in [1.807, 2.05) is 26.0 Å². The summed E-state index contributed by atoms with van der Waals surface area (Å²) in [5.74, 6) is -0.0342. The zero-order chi connectivity index (χ0) is 15.1. The number of rotatable bonds is 7. The minimum Gasteiger partial charge on any atom is -0.355 e. The van der Waals surface area contributed by atoms with Crippen molar-refractivity contribution in [3.8, 4) is 0 Å². The third kappa shape index (κ3) is 5.06. The van der Waals surface area contributed by atoms with Crippen LogP contribution in [0.2, 0.25) is 0 Å². The second-order valence-corrected chi connectivity index (χ2v) is 5.73. The summed E-state index contributed by atoms with van der Waals surface area (Å²) < 4.78 is 0.939. The SMILES string of the molecule is CCCNC(=O)CN(C)C(C)C(=O)c1ccc(Br)cc1. The van der Waals surface area contributed by atoms with Gasteiger partial charge in [0.1, 0.15) is 0 Å². The number of nitrogens with one attached hydrogen (secondary N) is 1. The highest BCUT2D eigenvalue weighted by Gasteiger charge is 2.21. The van der Waals surface area contributed by atoms with Crippen LogP contribution in [0.4, 0.5) is 0 Å². The van der Waals surface area contributed by atoms with Gasteiger partial charge in [0.25, 0.3) is 0 Å². The van der Waals surface area contributed by atoms with Gasteiger partial charge in [0, 0.05) is 16.6 Å².